The SMILES string of the molecule is C1CCCCCCCCCCCCCCCCCCCCCCCCCCCC1.CO.CO.CO.CO.CO. The molecule has 0 aromatic carbocycles. The van der Waals surface area contributed by atoms with Crippen molar-refractivity contribution in [3.05, 3.63) is 0 Å². The highest BCUT2D eigenvalue weighted by Gasteiger charge is 1.97. The first-order chi connectivity index (χ1) is 19.5. The molecular formula is C34H78O5. The van der Waals surface area contributed by atoms with E-state index >= 15 is 0 Å². The second-order valence-electron chi connectivity index (χ2n) is 10.3. The lowest BCUT2D eigenvalue weighted by Gasteiger charge is -2.04. The predicted octanol–water partition coefficient (Wildman–Crippen LogP) is 9.36. The molecule has 0 atom stereocenters. The van der Waals surface area contributed by atoms with E-state index in [9.17, 15) is 0 Å². The van der Waals surface area contributed by atoms with E-state index in [4.69, 9.17) is 25.5 Å². The van der Waals surface area contributed by atoms with Crippen LogP contribution >= 0.6 is 0 Å². The van der Waals surface area contributed by atoms with Crippen molar-refractivity contribution in [2.45, 2.75) is 186 Å². The fourth-order valence-corrected chi connectivity index (χ4v) is 5.13. The standard InChI is InChI=1S/C29H58.5CH4O/c1-2-4-6-8-10-12-14-16-18-20-22-24-26-28-29-27-25-23-21-19-17-15-13-11-9-7-5-3-1;5*1-2/h1-29H2;5*2H,1H3. The molecule has 1 aliphatic rings. The Labute approximate surface area is 247 Å². The van der Waals surface area contributed by atoms with Gasteiger partial charge in [-0.25, -0.2) is 0 Å². The minimum Gasteiger partial charge on any atom is -0.400 e. The van der Waals surface area contributed by atoms with Gasteiger partial charge in [-0.1, -0.05) is 186 Å². The molecule has 1 saturated carbocycles. The third kappa shape index (κ3) is 58.4. The van der Waals surface area contributed by atoms with E-state index in [0.717, 1.165) is 35.5 Å². The largest absolute Gasteiger partial charge is 0.400 e. The summed E-state index contributed by atoms with van der Waals surface area (Å²) in [6, 6.07) is 0. The number of rotatable bonds is 0. The molecule has 0 aromatic heterocycles. The third-order valence-corrected chi connectivity index (χ3v) is 7.25. The van der Waals surface area contributed by atoms with E-state index in [1.165, 1.54) is 186 Å². The van der Waals surface area contributed by atoms with Gasteiger partial charge in [-0.2, -0.15) is 0 Å². The molecule has 244 valence electrons. The zero-order valence-corrected chi connectivity index (χ0v) is 27.7. The highest BCUT2D eigenvalue weighted by atomic mass is 16.2. The van der Waals surface area contributed by atoms with Crippen molar-refractivity contribution >= 4 is 0 Å². The predicted molar refractivity (Wildman–Crippen MR) is 175 cm³/mol. The van der Waals surface area contributed by atoms with Crippen molar-refractivity contribution < 1.29 is 25.5 Å². The van der Waals surface area contributed by atoms with Crippen LogP contribution in [0.2, 0.25) is 0 Å². The second-order valence-corrected chi connectivity index (χ2v) is 10.3. The van der Waals surface area contributed by atoms with Gasteiger partial charge in [0.05, 0.1) is 0 Å². The normalized spacial score (nSPS) is 18.6. The van der Waals surface area contributed by atoms with E-state index in [2.05, 4.69) is 0 Å². The summed E-state index contributed by atoms with van der Waals surface area (Å²) in [6.45, 7) is 0. The molecule has 0 radical (unpaired) electrons. The van der Waals surface area contributed by atoms with Gasteiger partial charge < -0.3 is 25.5 Å². The van der Waals surface area contributed by atoms with Gasteiger partial charge in [0.25, 0.3) is 0 Å². The van der Waals surface area contributed by atoms with Crippen LogP contribution in [0.25, 0.3) is 0 Å². The molecule has 0 aromatic rings. The van der Waals surface area contributed by atoms with Crippen molar-refractivity contribution in [2.75, 3.05) is 35.5 Å². The van der Waals surface area contributed by atoms with Crippen LogP contribution in [0.1, 0.15) is 186 Å². The highest BCUT2D eigenvalue weighted by molar-refractivity contribution is 4.53. The van der Waals surface area contributed by atoms with E-state index in [1.807, 2.05) is 0 Å². The zero-order valence-electron chi connectivity index (χ0n) is 27.7. The molecule has 0 amide bonds. The Morgan fingerprint density at radius 3 is 0.179 bits per heavy atom. The van der Waals surface area contributed by atoms with Crippen molar-refractivity contribution in [1.82, 2.24) is 0 Å². The molecule has 5 nitrogen and oxygen atoms in total. The van der Waals surface area contributed by atoms with Gasteiger partial charge in [0, 0.05) is 35.5 Å². The smallest absolute Gasteiger partial charge is 0.0319 e. The first kappa shape index (κ1) is 48.5. The van der Waals surface area contributed by atoms with E-state index in [-0.39, 0.29) is 0 Å². The molecule has 0 heterocycles. The van der Waals surface area contributed by atoms with E-state index in [0.29, 0.717) is 0 Å². The maximum absolute atomic E-state index is 7.00. The molecule has 39 heavy (non-hydrogen) atoms. The Hall–Kier alpha value is -0.200. The number of hydrogen-bond donors (Lipinski definition) is 5. The number of aliphatic hydroxyl groups is 5. The maximum atomic E-state index is 7.00. The summed E-state index contributed by atoms with van der Waals surface area (Å²) >= 11 is 0. The first-order valence-corrected chi connectivity index (χ1v) is 16.7. The monoisotopic (exact) mass is 567 g/mol. The average molecular weight is 567 g/mol. The van der Waals surface area contributed by atoms with Gasteiger partial charge in [-0.15, -0.1) is 0 Å². The summed E-state index contributed by atoms with van der Waals surface area (Å²) in [5.74, 6) is 0. The Bertz CT molecular complexity index is 162. The summed E-state index contributed by atoms with van der Waals surface area (Å²) in [6.07, 6.45) is 43.5. The molecule has 0 spiro atoms. The molecule has 1 rings (SSSR count). The molecule has 0 saturated heterocycles. The van der Waals surface area contributed by atoms with Gasteiger partial charge in [-0.05, 0) is 0 Å². The molecular weight excluding hydrogens is 488 g/mol. The molecule has 0 unspecified atom stereocenters. The summed E-state index contributed by atoms with van der Waals surface area (Å²) in [5, 5.41) is 35.0. The lowest BCUT2D eigenvalue weighted by Crippen LogP contribution is -1.84. The van der Waals surface area contributed by atoms with Crippen molar-refractivity contribution in [3.8, 4) is 0 Å². The van der Waals surface area contributed by atoms with Crippen LogP contribution < -0.4 is 0 Å². The quantitative estimate of drug-likeness (QED) is 0.201. The van der Waals surface area contributed by atoms with Gasteiger partial charge in [0.2, 0.25) is 0 Å². The van der Waals surface area contributed by atoms with Crippen LogP contribution in [-0.2, 0) is 0 Å². The maximum Gasteiger partial charge on any atom is 0.0319 e. The number of aliphatic hydroxyl groups excluding tert-OH is 5. The Balaban J connectivity index is -0.000000344. The Morgan fingerprint density at radius 1 is 0.128 bits per heavy atom. The molecule has 1 fully saturated rings. The topological polar surface area (TPSA) is 101 Å². The molecule has 5 heteroatoms. The lowest BCUT2D eigenvalue weighted by molar-refractivity contribution is 0.399. The van der Waals surface area contributed by atoms with Crippen molar-refractivity contribution in [3.63, 3.8) is 0 Å². The summed E-state index contributed by atoms with van der Waals surface area (Å²) in [7, 11) is 5.00. The van der Waals surface area contributed by atoms with Crippen LogP contribution in [0.15, 0.2) is 0 Å². The summed E-state index contributed by atoms with van der Waals surface area (Å²) < 4.78 is 0. The minimum atomic E-state index is 1.00. The fourth-order valence-electron chi connectivity index (χ4n) is 5.13. The summed E-state index contributed by atoms with van der Waals surface area (Å²) in [4.78, 5) is 0. The summed E-state index contributed by atoms with van der Waals surface area (Å²) in [5.41, 5.74) is 0. The number of hydrogen-bond acceptors (Lipinski definition) is 5. The third-order valence-electron chi connectivity index (χ3n) is 7.25. The van der Waals surface area contributed by atoms with Gasteiger partial charge in [-0.3, -0.25) is 0 Å². The second kappa shape index (κ2) is 61.7. The van der Waals surface area contributed by atoms with Crippen LogP contribution in [0, 0.1) is 0 Å². The molecule has 1 aliphatic carbocycles. The van der Waals surface area contributed by atoms with Crippen molar-refractivity contribution in [2.24, 2.45) is 0 Å². The minimum absolute atomic E-state index is 1.00. The zero-order chi connectivity index (χ0) is 30.5. The Kier molecular flexibility index (Phi) is 76.8. The van der Waals surface area contributed by atoms with Gasteiger partial charge >= 0.3 is 0 Å². The average Bonchev–Trinajstić information content (AvgIpc) is 3.02. The molecule has 0 aliphatic heterocycles. The fraction of sp³-hybridized carbons (Fsp3) is 1.00. The van der Waals surface area contributed by atoms with Crippen molar-refractivity contribution in [1.29, 1.82) is 0 Å². The van der Waals surface area contributed by atoms with Crippen LogP contribution in [0.5, 0.6) is 0 Å². The van der Waals surface area contributed by atoms with Crippen LogP contribution in [0.3, 0.4) is 0 Å². The van der Waals surface area contributed by atoms with Crippen LogP contribution in [-0.4, -0.2) is 61.1 Å². The Morgan fingerprint density at radius 2 is 0.154 bits per heavy atom. The van der Waals surface area contributed by atoms with E-state index < -0.39 is 0 Å². The lowest BCUT2D eigenvalue weighted by atomic mass is 10.0. The molecule has 5 N–H and O–H groups in total. The van der Waals surface area contributed by atoms with Crippen LogP contribution in [0.4, 0.5) is 0 Å². The van der Waals surface area contributed by atoms with Gasteiger partial charge in [0.15, 0.2) is 0 Å². The molecule has 0 bridgehead atoms. The highest BCUT2D eigenvalue weighted by Crippen LogP contribution is 2.17. The van der Waals surface area contributed by atoms with Gasteiger partial charge in [0.1, 0.15) is 0 Å². The van der Waals surface area contributed by atoms with E-state index in [1.54, 1.807) is 0 Å². The first-order valence-electron chi connectivity index (χ1n) is 16.7.